The average molecular weight is 165 g/mol. The lowest BCUT2D eigenvalue weighted by atomic mass is 11.3. The number of rotatable bonds is 1. The lowest BCUT2D eigenvalue weighted by Gasteiger charge is -1.87. The van der Waals surface area contributed by atoms with E-state index < -0.39 is 8.77 Å². The molecule has 0 aliphatic rings. The molecular weight excluding hydrogens is 162 g/mol. The molecule has 2 N–H and O–H groups in total. The Hall–Kier alpha value is -0.530. The summed E-state index contributed by atoms with van der Waals surface area (Å²) in [5, 5.41) is 5.36. The van der Waals surface area contributed by atoms with Crippen LogP contribution < -0.4 is 0 Å². The van der Waals surface area contributed by atoms with Gasteiger partial charge in [-0.1, -0.05) is 0 Å². The molecule has 1 aromatic rings. The largest absolute Gasteiger partial charge is 0.300 e. The first kappa shape index (κ1) is 6.59. The smallest absolute Gasteiger partial charge is 0.242 e. The quantitative estimate of drug-likeness (QED) is 0.580. The van der Waals surface area contributed by atoms with Crippen molar-refractivity contribution < 1.29 is 8.76 Å². The molecule has 1 unspecified atom stereocenters. The first-order valence-corrected chi connectivity index (χ1v) is 4.37. The Kier molecular flexibility index (Phi) is 1.47. The SMILES string of the molecule is O=S(O)(=S)c1ncn[nH]1. The molecule has 0 saturated carbocycles. The predicted molar refractivity (Wildman–Crippen MR) is 32.8 cm³/mol. The van der Waals surface area contributed by atoms with Crippen molar-refractivity contribution in [3.63, 3.8) is 0 Å². The third-order valence-corrected chi connectivity index (χ3v) is 1.80. The van der Waals surface area contributed by atoms with Gasteiger partial charge in [0.1, 0.15) is 6.33 Å². The number of nitrogens with one attached hydrogen (secondary N) is 1. The molecule has 0 aliphatic carbocycles. The van der Waals surface area contributed by atoms with E-state index in [0.29, 0.717) is 0 Å². The molecule has 7 heteroatoms. The van der Waals surface area contributed by atoms with Crippen molar-refractivity contribution >= 4 is 20.0 Å². The second kappa shape index (κ2) is 2.01. The summed E-state index contributed by atoms with van der Waals surface area (Å²) in [4.78, 5) is 3.39. The van der Waals surface area contributed by atoms with Crippen LogP contribution in [0.3, 0.4) is 0 Å². The molecule has 0 amide bonds. The topological polar surface area (TPSA) is 78.9 Å². The summed E-state index contributed by atoms with van der Waals surface area (Å²) in [7, 11) is -3.36. The predicted octanol–water partition coefficient (Wildman–Crippen LogP) is -0.617. The van der Waals surface area contributed by atoms with Crippen LogP contribution >= 0.6 is 0 Å². The van der Waals surface area contributed by atoms with Crippen molar-refractivity contribution in [2.24, 2.45) is 0 Å². The fourth-order valence-electron chi connectivity index (χ4n) is 0.319. The summed E-state index contributed by atoms with van der Waals surface area (Å²) >= 11 is 4.15. The highest BCUT2D eigenvalue weighted by atomic mass is 32.8. The van der Waals surface area contributed by atoms with E-state index in [4.69, 9.17) is 4.55 Å². The summed E-state index contributed by atoms with van der Waals surface area (Å²) in [6, 6.07) is 0. The molecule has 0 spiro atoms. The minimum absolute atomic E-state index is 0.169. The van der Waals surface area contributed by atoms with Gasteiger partial charge in [0.05, 0.1) is 0 Å². The highest BCUT2D eigenvalue weighted by Crippen LogP contribution is 1.95. The molecular formula is C2H3N3O2S2. The van der Waals surface area contributed by atoms with E-state index in [1.807, 2.05) is 0 Å². The van der Waals surface area contributed by atoms with Gasteiger partial charge >= 0.3 is 0 Å². The molecule has 50 valence electrons. The summed E-state index contributed by atoms with van der Waals surface area (Å²) in [6.07, 6.45) is 1.12. The van der Waals surface area contributed by atoms with Crippen LogP contribution in [0.2, 0.25) is 0 Å². The highest BCUT2D eigenvalue weighted by molar-refractivity contribution is 8.29. The summed E-state index contributed by atoms with van der Waals surface area (Å²) < 4.78 is 19.1. The molecule has 0 radical (unpaired) electrons. The fourth-order valence-corrected chi connectivity index (χ4v) is 0.908. The van der Waals surface area contributed by atoms with Crippen LogP contribution in [-0.2, 0) is 20.0 Å². The molecule has 0 bridgehead atoms. The average Bonchev–Trinajstić information content (AvgIpc) is 2.08. The maximum atomic E-state index is 10.5. The minimum atomic E-state index is -3.36. The van der Waals surface area contributed by atoms with E-state index in [0.717, 1.165) is 6.33 Å². The third kappa shape index (κ3) is 1.44. The maximum absolute atomic E-state index is 10.5. The highest BCUT2D eigenvalue weighted by Gasteiger charge is 2.06. The molecule has 0 fully saturated rings. The van der Waals surface area contributed by atoms with E-state index in [1.54, 1.807) is 0 Å². The van der Waals surface area contributed by atoms with Crippen LogP contribution in [0.5, 0.6) is 0 Å². The van der Waals surface area contributed by atoms with E-state index >= 15 is 0 Å². The number of aromatic amines is 1. The normalized spacial score (nSPS) is 17.0. The first-order valence-electron chi connectivity index (χ1n) is 1.93. The van der Waals surface area contributed by atoms with Crippen molar-refractivity contribution in [1.29, 1.82) is 0 Å². The lowest BCUT2D eigenvalue weighted by Crippen LogP contribution is -1.98. The third-order valence-electron chi connectivity index (χ3n) is 0.637. The van der Waals surface area contributed by atoms with E-state index in [-0.39, 0.29) is 5.16 Å². The van der Waals surface area contributed by atoms with Gasteiger partial charge in [-0.05, 0) is 0 Å². The van der Waals surface area contributed by atoms with Crippen LogP contribution in [0.25, 0.3) is 0 Å². The zero-order chi connectivity index (χ0) is 6.91. The van der Waals surface area contributed by atoms with Crippen molar-refractivity contribution in [3.8, 4) is 0 Å². The number of nitrogens with zero attached hydrogens (tertiary/aromatic N) is 2. The van der Waals surface area contributed by atoms with Crippen molar-refractivity contribution in [2.75, 3.05) is 0 Å². The number of H-pyrrole nitrogens is 1. The van der Waals surface area contributed by atoms with Crippen LogP contribution in [0, 0.1) is 0 Å². The number of aromatic nitrogens is 3. The van der Waals surface area contributed by atoms with Crippen molar-refractivity contribution in [1.82, 2.24) is 15.2 Å². The monoisotopic (exact) mass is 165 g/mol. The van der Waals surface area contributed by atoms with Crippen LogP contribution in [0.1, 0.15) is 0 Å². The second-order valence-corrected chi connectivity index (χ2v) is 3.96. The second-order valence-electron chi connectivity index (χ2n) is 1.27. The van der Waals surface area contributed by atoms with Gasteiger partial charge < -0.3 is 0 Å². The molecule has 1 aromatic heterocycles. The van der Waals surface area contributed by atoms with E-state index in [9.17, 15) is 4.21 Å². The van der Waals surface area contributed by atoms with Crippen molar-refractivity contribution in [3.05, 3.63) is 6.33 Å². The Morgan fingerprint density at radius 3 is 2.78 bits per heavy atom. The van der Waals surface area contributed by atoms with Gasteiger partial charge in [-0.25, -0.2) is 9.19 Å². The molecule has 1 atom stereocenters. The Labute approximate surface area is 56.0 Å². The fraction of sp³-hybridized carbons (Fsp3) is 0. The first-order chi connectivity index (χ1) is 4.11. The zero-order valence-electron chi connectivity index (χ0n) is 4.14. The van der Waals surface area contributed by atoms with Crippen molar-refractivity contribution in [2.45, 2.75) is 5.16 Å². The maximum Gasteiger partial charge on any atom is 0.242 e. The summed E-state index contributed by atoms with van der Waals surface area (Å²) in [6.45, 7) is 0. The van der Waals surface area contributed by atoms with Gasteiger partial charge in [-0.3, -0.25) is 9.65 Å². The molecule has 5 nitrogen and oxygen atoms in total. The minimum Gasteiger partial charge on any atom is -0.300 e. The summed E-state index contributed by atoms with van der Waals surface area (Å²) in [5.41, 5.74) is 0. The van der Waals surface area contributed by atoms with Gasteiger partial charge in [0.25, 0.3) is 0 Å². The van der Waals surface area contributed by atoms with Crippen LogP contribution in [-0.4, -0.2) is 23.9 Å². The molecule has 0 saturated heterocycles. The van der Waals surface area contributed by atoms with Gasteiger partial charge in [0.2, 0.25) is 13.9 Å². The van der Waals surface area contributed by atoms with Crippen LogP contribution in [0.15, 0.2) is 11.5 Å². The zero-order valence-corrected chi connectivity index (χ0v) is 5.78. The number of hydrogen-bond acceptors (Lipinski definition) is 4. The Bertz CT molecular complexity index is 275. The number of hydrogen-bond donors (Lipinski definition) is 2. The molecule has 1 heterocycles. The Balaban J connectivity index is 3.20. The van der Waals surface area contributed by atoms with Gasteiger partial charge in [0, 0.05) is 11.2 Å². The Morgan fingerprint density at radius 1 is 1.89 bits per heavy atom. The van der Waals surface area contributed by atoms with Gasteiger partial charge in [-0.15, -0.1) is 0 Å². The standard InChI is InChI=1S/C2H3N3O2S2/c6-9(7,8)2-3-1-4-5-2/h1H,(H,3,4,5)(H,6,7,8). The van der Waals surface area contributed by atoms with E-state index in [2.05, 4.69) is 26.4 Å². The summed E-state index contributed by atoms with van der Waals surface area (Å²) in [5.74, 6) is 0. The van der Waals surface area contributed by atoms with E-state index in [1.165, 1.54) is 0 Å². The van der Waals surface area contributed by atoms with Crippen LogP contribution in [0.4, 0.5) is 0 Å². The molecule has 0 aromatic carbocycles. The Morgan fingerprint density at radius 2 is 2.56 bits per heavy atom. The lowest BCUT2D eigenvalue weighted by molar-refractivity contribution is 0.553. The molecule has 9 heavy (non-hydrogen) atoms. The van der Waals surface area contributed by atoms with Gasteiger partial charge in [0.15, 0.2) is 0 Å². The van der Waals surface area contributed by atoms with Gasteiger partial charge in [-0.2, -0.15) is 5.10 Å². The molecule has 0 aliphatic heterocycles. The molecule has 1 rings (SSSR count).